The third-order valence-electron chi connectivity index (χ3n) is 2.63. The largest absolute Gasteiger partial charge is 0.310 e. The molecule has 2 rings (SSSR count). The van der Waals surface area contributed by atoms with Gasteiger partial charge in [-0.3, -0.25) is 14.6 Å². The van der Waals surface area contributed by atoms with Crippen molar-refractivity contribution in [3.05, 3.63) is 22.2 Å². The third kappa shape index (κ3) is 2.81. The fraction of sp³-hybridized carbons (Fsp3) is 0.500. The number of H-pyrrole nitrogens is 1. The Morgan fingerprint density at radius 3 is 2.89 bits per heavy atom. The van der Waals surface area contributed by atoms with Crippen LogP contribution in [0.4, 0.5) is 5.82 Å². The second-order valence-electron chi connectivity index (χ2n) is 4.68. The van der Waals surface area contributed by atoms with Crippen LogP contribution in [0.3, 0.4) is 0 Å². The summed E-state index contributed by atoms with van der Waals surface area (Å²) >= 11 is 0. The molecule has 0 fully saturated rings. The van der Waals surface area contributed by atoms with Crippen molar-refractivity contribution >= 4 is 17.5 Å². The lowest BCUT2D eigenvalue weighted by molar-refractivity contribution is -0.118. The van der Waals surface area contributed by atoms with E-state index in [1.165, 1.54) is 10.6 Å². The monoisotopic (exact) mass is 263 g/mol. The van der Waals surface area contributed by atoms with Crippen molar-refractivity contribution in [3.63, 3.8) is 0 Å². The minimum absolute atomic E-state index is 0.167. The molecular formula is C12H17N5O2. The Morgan fingerprint density at radius 2 is 2.26 bits per heavy atom. The topological polar surface area (TPSA) is 92.1 Å². The van der Waals surface area contributed by atoms with Crippen molar-refractivity contribution in [2.24, 2.45) is 5.92 Å². The number of amides is 1. The van der Waals surface area contributed by atoms with E-state index >= 15 is 0 Å². The number of carbonyl (C=O) groups excluding carboxylic acids is 1. The van der Waals surface area contributed by atoms with Crippen molar-refractivity contribution in [3.8, 4) is 0 Å². The minimum Gasteiger partial charge on any atom is -0.310 e. The van der Waals surface area contributed by atoms with Crippen molar-refractivity contribution in [2.45, 2.75) is 33.6 Å². The maximum absolute atomic E-state index is 11.7. The van der Waals surface area contributed by atoms with Crippen molar-refractivity contribution in [1.82, 2.24) is 19.6 Å². The fourth-order valence-corrected chi connectivity index (χ4v) is 1.62. The molecule has 0 unspecified atom stereocenters. The molecule has 2 aromatic rings. The first-order valence-electron chi connectivity index (χ1n) is 6.31. The Kier molecular flexibility index (Phi) is 3.64. The van der Waals surface area contributed by atoms with Gasteiger partial charge in [-0.05, 0) is 6.42 Å². The number of fused-ring (bicyclic) bond motifs is 1. The van der Waals surface area contributed by atoms with Gasteiger partial charge in [-0.1, -0.05) is 20.8 Å². The first kappa shape index (κ1) is 13.3. The van der Waals surface area contributed by atoms with Crippen molar-refractivity contribution < 1.29 is 4.79 Å². The molecule has 0 bridgehead atoms. The number of aromatic amines is 1. The molecular weight excluding hydrogens is 246 g/mol. The molecule has 0 aliphatic carbocycles. The number of aromatic nitrogens is 4. The number of rotatable bonds is 4. The van der Waals surface area contributed by atoms with Gasteiger partial charge >= 0.3 is 0 Å². The molecule has 19 heavy (non-hydrogen) atoms. The maximum atomic E-state index is 11.7. The molecule has 102 valence electrons. The predicted octanol–water partition coefficient (Wildman–Crippen LogP) is 0.965. The summed E-state index contributed by atoms with van der Waals surface area (Å²) in [4.78, 5) is 30.1. The van der Waals surface area contributed by atoms with Crippen LogP contribution in [0.25, 0.3) is 5.78 Å². The second kappa shape index (κ2) is 5.21. The molecule has 7 nitrogen and oxygen atoms in total. The van der Waals surface area contributed by atoms with E-state index < -0.39 is 0 Å². The number of hydrogen-bond acceptors (Lipinski definition) is 4. The summed E-state index contributed by atoms with van der Waals surface area (Å²) in [7, 11) is 0. The summed E-state index contributed by atoms with van der Waals surface area (Å²) in [6.07, 6.45) is 1.63. The van der Waals surface area contributed by atoms with E-state index in [-0.39, 0.29) is 17.4 Å². The second-order valence-corrected chi connectivity index (χ2v) is 4.68. The van der Waals surface area contributed by atoms with Crippen LogP contribution in [0.15, 0.2) is 10.9 Å². The molecule has 0 aliphatic rings. The highest BCUT2D eigenvalue weighted by Gasteiger charge is 2.13. The molecule has 0 radical (unpaired) electrons. The molecule has 7 heteroatoms. The number of anilines is 1. The highest BCUT2D eigenvalue weighted by molar-refractivity contribution is 5.91. The van der Waals surface area contributed by atoms with Crippen LogP contribution in [0.2, 0.25) is 0 Å². The molecule has 0 atom stereocenters. The molecule has 0 saturated heterocycles. The molecule has 1 amide bonds. The van der Waals surface area contributed by atoms with Gasteiger partial charge in [0.05, 0.1) is 0 Å². The van der Waals surface area contributed by atoms with Crippen LogP contribution in [-0.2, 0) is 11.2 Å². The average Bonchev–Trinajstić information content (AvgIpc) is 2.71. The normalized spacial score (nSPS) is 11.2. The van der Waals surface area contributed by atoms with E-state index in [1.807, 2.05) is 6.92 Å². The SMILES string of the molecule is CCCc1nc2[nH]c(=O)cc(NC(=O)C(C)C)n2n1. The van der Waals surface area contributed by atoms with Crippen LogP contribution in [-0.4, -0.2) is 25.5 Å². The number of carbonyl (C=O) groups is 1. The van der Waals surface area contributed by atoms with E-state index in [0.29, 0.717) is 17.4 Å². The summed E-state index contributed by atoms with van der Waals surface area (Å²) in [5.41, 5.74) is -0.318. The van der Waals surface area contributed by atoms with Crippen LogP contribution in [0.5, 0.6) is 0 Å². The fourth-order valence-electron chi connectivity index (χ4n) is 1.62. The van der Waals surface area contributed by atoms with Gasteiger partial charge in [0.1, 0.15) is 5.82 Å². The number of nitrogens with one attached hydrogen (secondary N) is 2. The first-order chi connectivity index (χ1) is 9.01. The standard InChI is InChI=1S/C12H17N5O2/c1-4-5-8-13-12-15-10(18)6-9(17(12)16-8)14-11(19)7(2)3/h6-7H,4-5H2,1-3H3,(H,14,19)(H,13,15,16,18). The molecule has 0 spiro atoms. The lowest BCUT2D eigenvalue weighted by atomic mass is 10.2. The smallest absolute Gasteiger partial charge is 0.254 e. The van der Waals surface area contributed by atoms with Gasteiger partial charge in [-0.15, -0.1) is 5.10 Å². The van der Waals surface area contributed by atoms with E-state index in [4.69, 9.17) is 0 Å². The Morgan fingerprint density at radius 1 is 1.53 bits per heavy atom. The van der Waals surface area contributed by atoms with Crippen LogP contribution < -0.4 is 10.9 Å². The number of aryl methyl sites for hydroxylation is 1. The average molecular weight is 263 g/mol. The van der Waals surface area contributed by atoms with Gasteiger partial charge in [-0.25, -0.2) is 0 Å². The van der Waals surface area contributed by atoms with Gasteiger partial charge in [0.2, 0.25) is 11.7 Å². The summed E-state index contributed by atoms with van der Waals surface area (Å²) < 4.78 is 1.45. The Hall–Kier alpha value is -2.18. The van der Waals surface area contributed by atoms with Gasteiger partial charge < -0.3 is 5.32 Å². The zero-order chi connectivity index (χ0) is 14.0. The summed E-state index contributed by atoms with van der Waals surface area (Å²) in [6, 6.07) is 1.30. The van der Waals surface area contributed by atoms with E-state index in [1.54, 1.807) is 13.8 Å². The number of hydrogen-bond donors (Lipinski definition) is 2. The molecule has 2 heterocycles. The van der Waals surface area contributed by atoms with Gasteiger partial charge in [0, 0.05) is 18.4 Å². The van der Waals surface area contributed by atoms with Gasteiger partial charge in [0.15, 0.2) is 5.82 Å². The third-order valence-corrected chi connectivity index (χ3v) is 2.63. The minimum atomic E-state index is -0.318. The zero-order valence-corrected chi connectivity index (χ0v) is 11.2. The zero-order valence-electron chi connectivity index (χ0n) is 11.2. The molecule has 0 saturated carbocycles. The lowest BCUT2D eigenvalue weighted by Crippen LogP contribution is -2.22. The summed E-state index contributed by atoms with van der Waals surface area (Å²) in [5.74, 6) is 0.985. The molecule has 0 aromatic carbocycles. The molecule has 2 aromatic heterocycles. The summed E-state index contributed by atoms with van der Waals surface area (Å²) in [6.45, 7) is 5.59. The van der Waals surface area contributed by atoms with Gasteiger partial charge in [0.25, 0.3) is 5.56 Å². The Labute approximate surface area is 110 Å². The quantitative estimate of drug-likeness (QED) is 0.859. The van der Waals surface area contributed by atoms with Crippen molar-refractivity contribution in [1.29, 1.82) is 0 Å². The highest BCUT2D eigenvalue weighted by Crippen LogP contribution is 2.08. The van der Waals surface area contributed by atoms with Crippen LogP contribution in [0.1, 0.15) is 33.0 Å². The van der Waals surface area contributed by atoms with Gasteiger partial charge in [-0.2, -0.15) is 9.50 Å². The maximum Gasteiger partial charge on any atom is 0.254 e. The Bertz CT molecular complexity index is 656. The molecule has 2 N–H and O–H groups in total. The summed E-state index contributed by atoms with van der Waals surface area (Å²) in [5, 5.41) is 6.96. The molecule has 0 aliphatic heterocycles. The van der Waals surface area contributed by atoms with E-state index in [9.17, 15) is 9.59 Å². The van der Waals surface area contributed by atoms with Crippen LogP contribution in [0, 0.1) is 5.92 Å². The Balaban J connectivity index is 2.46. The highest BCUT2D eigenvalue weighted by atomic mass is 16.2. The number of nitrogens with zero attached hydrogens (tertiary/aromatic N) is 3. The lowest BCUT2D eigenvalue weighted by Gasteiger charge is -2.07. The van der Waals surface area contributed by atoms with E-state index in [0.717, 1.165) is 12.8 Å². The first-order valence-corrected chi connectivity index (χ1v) is 6.31. The van der Waals surface area contributed by atoms with E-state index in [2.05, 4.69) is 20.4 Å². The van der Waals surface area contributed by atoms with Crippen molar-refractivity contribution in [2.75, 3.05) is 5.32 Å². The van der Waals surface area contributed by atoms with Crippen LogP contribution >= 0.6 is 0 Å². The predicted molar refractivity (Wildman–Crippen MR) is 71.1 cm³/mol.